The molecule has 204 valence electrons. The molecule has 1 saturated heterocycles. The van der Waals surface area contributed by atoms with Crippen LogP contribution in [-0.4, -0.2) is 73.8 Å². The molecule has 0 radical (unpaired) electrons. The number of alkyl halides is 1. The number of aromatic nitrogens is 5. The van der Waals surface area contributed by atoms with Gasteiger partial charge in [-0.15, -0.1) is 0 Å². The Morgan fingerprint density at radius 2 is 1.86 bits per heavy atom. The smallest absolute Gasteiger partial charge is 0.387 e. The lowest BCUT2D eigenvalue weighted by Gasteiger charge is -2.25. The van der Waals surface area contributed by atoms with Crippen molar-refractivity contribution in [3.05, 3.63) is 18.9 Å². The largest absolute Gasteiger partial charge is 0.490 e. The van der Waals surface area contributed by atoms with Crippen molar-refractivity contribution in [3.63, 3.8) is 0 Å². The van der Waals surface area contributed by atoms with E-state index in [2.05, 4.69) is 33.3 Å². The normalized spacial score (nSPS) is 27.8. The molecule has 0 amide bonds. The number of nitrogens with zero attached hydrogens (tertiary/aromatic N) is 5. The van der Waals surface area contributed by atoms with Crippen molar-refractivity contribution in [1.82, 2.24) is 24.7 Å². The van der Waals surface area contributed by atoms with Crippen LogP contribution in [-0.2, 0) is 31.6 Å². The molecule has 3 aromatic heterocycles. The second kappa shape index (κ2) is 9.53. The maximum atomic E-state index is 15.7. The fourth-order valence-electron chi connectivity index (χ4n) is 3.57. The van der Waals surface area contributed by atoms with Crippen molar-refractivity contribution >= 4 is 40.3 Å². The number of phosphoric ester groups is 1. The zero-order valence-electron chi connectivity index (χ0n) is 18.2. The van der Waals surface area contributed by atoms with Gasteiger partial charge in [0.25, 0.3) is 0 Å². The van der Waals surface area contributed by atoms with E-state index >= 15 is 4.39 Å². The summed E-state index contributed by atoms with van der Waals surface area (Å²) in [6, 6.07) is 0. The van der Waals surface area contributed by atoms with Gasteiger partial charge in [-0.25, -0.2) is 28.1 Å². The lowest BCUT2D eigenvalue weighted by atomic mass is 9.98. The summed E-state index contributed by atoms with van der Waals surface area (Å²) in [4.78, 5) is 47.9. The lowest BCUT2D eigenvalue weighted by molar-refractivity contribution is -0.0557. The maximum absolute atomic E-state index is 15.7. The van der Waals surface area contributed by atoms with E-state index in [-0.39, 0.29) is 28.2 Å². The third kappa shape index (κ3) is 5.80. The molecule has 6 atom stereocenters. The molecule has 0 bridgehead atoms. The monoisotopic (exact) mass is 590 g/mol. The highest BCUT2D eigenvalue weighted by atomic mass is 31.3. The molecule has 23 heteroatoms. The zero-order valence-corrected chi connectivity index (χ0v) is 20.9. The van der Waals surface area contributed by atoms with Crippen LogP contribution in [0.2, 0.25) is 0 Å². The Balaban J connectivity index is 1.59. The van der Waals surface area contributed by atoms with Gasteiger partial charge in [-0.05, 0) is 6.92 Å². The Labute approximate surface area is 204 Å². The Morgan fingerprint density at radius 3 is 2.49 bits per heavy atom. The summed E-state index contributed by atoms with van der Waals surface area (Å²) in [7, 11) is -16.9. The number of phosphoric acid groups is 3. The average molecular weight is 590 g/mol. The standard InChI is InChI=1S/C14H18FN6O13P3/c1-14(15)9(22)7(3-31-36(26,27)34-37(28,29)33-35(23,24)25)32-13(14)21-2-6(11-19-5-30-20-11)8-10(16)17-4-18-12(8)21/h2,4-5,7,9,13,22H,3H2,1H3,(H,26,27)(H,28,29)(H2,16,17,18)(H2,23,24,25)/t7-,9-,13-,14-/m1/s1. The molecular formula is C14H18FN6O13P3. The van der Waals surface area contributed by atoms with Crippen LogP contribution in [0.5, 0.6) is 0 Å². The molecule has 37 heavy (non-hydrogen) atoms. The molecule has 0 saturated carbocycles. The number of rotatable bonds is 9. The summed E-state index contributed by atoms with van der Waals surface area (Å²) in [6.07, 6.45) is -1.89. The van der Waals surface area contributed by atoms with E-state index in [1.807, 2.05) is 0 Å². The molecular weight excluding hydrogens is 572 g/mol. The van der Waals surface area contributed by atoms with Crippen LogP contribution >= 0.6 is 23.5 Å². The van der Waals surface area contributed by atoms with Gasteiger partial charge in [-0.3, -0.25) is 4.52 Å². The van der Waals surface area contributed by atoms with Gasteiger partial charge in [0.05, 0.1) is 17.6 Å². The first kappa shape index (κ1) is 27.8. The Morgan fingerprint density at radius 1 is 1.16 bits per heavy atom. The SMILES string of the molecule is C[C@@]1(F)[C@H](O)[C@@H](COP(=O)(O)OP(=O)(O)OP(=O)(O)O)O[C@H]1n1cc(-c2ncon2)c2c(N)ncnc21. The third-order valence-corrected chi connectivity index (χ3v) is 8.83. The van der Waals surface area contributed by atoms with Gasteiger partial charge in [0.15, 0.2) is 11.9 Å². The van der Waals surface area contributed by atoms with Gasteiger partial charge < -0.3 is 44.2 Å². The van der Waals surface area contributed by atoms with Gasteiger partial charge in [-0.2, -0.15) is 13.6 Å². The number of hydrogen-bond acceptors (Lipinski definition) is 14. The molecule has 2 unspecified atom stereocenters. The highest BCUT2D eigenvalue weighted by Gasteiger charge is 2.56. The lowest BCUT2D eigenvalue weighted by Crippen LogP contribution is -2.40. The minimum atomic E-state index is -5.78. The highest BCUT2D eigenvalue weighted by Crippen LogP contribution is 2.66. The van der Waals surface area contributed by atoms with E-state index < -0.39 is 54.2 Å². The van der Waals surface area contributed by atoms with Crippen molar-refractivity contribution in [2.45, 2.75) is 31.0 Å². The number of aliphatic hydroxyl groups is 1. The molecule has 0 aromatic carbocycles. The second-order valence-corrected chi connectivity index (χ2v) is 12.1. The van der Waals surface area contributed by atoms with E-state index in [9.17, 15) is 28.6 Å². The maximum Gasteiger partial charge on any atom is 0.490 e. The first-order valence-corrected chi connectivity index (χ1v) is 14.2. The molecule has 7 N–H and O–H groups in total. The molecule has 19 nitrogen and oxygen atoms in total. The van der Waals surface area contributed by atoms with Crippen LogP contribution in [0.1, 0.15) is 13.2 Å². The Hall–Kier alpha value is -2.18. The minimum absolute atomic E-state index is 0.0214. The van der Waals surface area contributed by atoms with Crippen LogP contribution in [0.15, 0.2) is 23.4 Å². The topological polar surface area (TPSA) is 285 Å². The zero-order chi connectivity index (χ0) is 27.4. The minimum Gasteiger partial charge on any atom is -0.387 e. The Bertz CT molecular complexity index is 1440. The fourth-order valence-corrected chi connectivity index (χ4v) is 6.60. The van der Waals surface area contributed by atoms with E-state index in [1.165, 1.54) is 6.20 Å². The number of nitrogen functional groups attached to an aromatic ring is 1. The van der Waals surface area contributed by atoms with Gasteiger partial charge in [-0.1, -0.05) is 5.16 Å². The summed E-state index contributed by atoms with van der Waals surface area (Å²) in [5.41, 5.74) is 3.63. The van der Waals surface area contributed by atoms with E-state index in [0.717, 1.165) is 24.2 Å². The van der Waals surface area contributed by atoms with Crippen LogP contribution in [0.4, 0.5) is 10.2 Å². The molecule has 0 spiro atoms. The molecule has 1 aliphatic heterocycles. The van der Waals surface area contributed by atoms with E-state index in [1.54, 1.807) is 0 Å². The molecule has 3 aromatic rings. The van der Waals surface area contributed by atoms with E-state index in [4.69, 9.17) is 24.8 Å². The summed E-state index contributed by atoms with van der Waals surface area (Å²) in [5.74, 6) is 0.0282. The predicted octanol–water partition coefficient (Wildman–Crippen LogP) is 0.393. The summed E-state index contributed by atoms with van der Waals surface area (Å²) < 4.78 is 73.0. The second-order valence-electron chi connectivity index (χ2n) is 7.67. The predicted molar refractivity (Wildman–Crippen MR) is 114 cm³/mol. The summed E-state index contributed by atoms with van der Waals surface area (Å²) >= 11 is 0. The third-order valence-electron chi connectivity index (χ3n) is 5.03. The van der Waals surface area contributed by atoms with Gasteiger partial charge in [0, 0.05) is 6.20 Å². The average Bonchev–Trinajstić information content (AvgIpc) is 3.43. The molecule has 1 fully saturated rings. The summed E-state index contributed by atoms with van der Waals surface area (Å²) in [6.45, 7) is -0.132. The van der Waals surface area contributed by atoms with Gasteiger partial charge in [0.2, 0.25) is 12.2 Å². The van der Waals surface area contributed by atoms with Crippen LogP contribution < -0.4 is 5.73 Å². The molecule has 0 aliphatic carbocycles. The van der Waals surface area contributed by atoms with Crippen molar-refractivity contribution in [3.8, 4) is 11.4 Å². The van der Waals surface area contributed by atoms with Crippen molar-refractivity contribution in [2.24, 2.45) is 0 Å². The number of fused-ring (bicyclic) bond motifs is 1. The van der Waals surface area contributed by atoms with Gasteiger partial charge in [0.1, 0.15) is 30.0 Å². The molecule has 1 aliphatic rings. The Kier molecular flexibility index (Phi) is 7.17. The number of halogens is 1. The van der Waals surface area contributed by atoms with Crippen LogP contribution in [0, 0.1) is 0 Å². The number of aliphatic hydroxyl groups excluding tert-OH is 1. The molecule has 4 heterocycles. The van der Waals surface area contributed by atoms with Crippen LogP contribution in [0.3, 0.4) is 0 Å². The fraction of sp³-hybridized carbons (Fsp3) is 0.429. The first-order valence-electron chi connectivity index (χ1n) is 9.69. The van der Waals surface area contributed by atoms with Crippen LogP contribution in [0.25, 0.3) is 22.4 Å². The number of nitrogens with two attached hydrogens (primary N) is 1. The van der Waals surface area contributed by atoms with Crippen molar-refractivity contribution < 1.29 is 65.2 Å². The van der Waals surface area contributed by atoms with Crippen molar-refractivity contribution in [2.75, 3.05) is 12.3 Å². The van der Waals surface area contributed by atoms with Gasteiger partial charge >= 0.3 is 23.5 Å². The van der Waals surface area contributed by atoms with Crippen molar-refractivity contribution in [1.29, 1.82) is 0 Å². The number of hydrogen-bond donors (Lipinski definition) is 6. The highest BCUT2D eigenvalue weighted by molar-refractivity contribution is 7.66. The quantitative estimate of drug-likeness (QED) is 0.184. The summed E-state index contributed by atoms with van der Waals surface area (Å²) in [5, 5.41) is 14.4. The molecule has 4 rings (SSSR count). The number of anilines is 1. The first-order chi connectivity index (χ1) is 17.0. The van der Waals surface area contributed by atoms with E-state index in [0.29, 0.717) is 0 Å². The number of ether oxygens (including phenoxy) is 1.